The first-order valence-electron chi connectivity index (χ1n) is 27.0. The maximum Gasteiger partial charge on any atom is 0.185 e. The first kappa shape index (κ1) is 55.9. The molecule has 2 rings (SSSR count). The van der Waals surface area contributed by atoms with Crippen LogP contribution < -0.4 is 9.47 Å². The number of carbonyl (C=O) groups is 1. The minimum atomic E-state index is 0.0210. The molecule has 0 heterocycles. The van der Waals surface area contributed by atoms with Crippen molar-refractivity contribution in [2.45, 2.75) is 263 Å². The highest BCUT2D eigenvalue weighted by Crippen LogP contribution is 2.30. The van der Waals surface area contributed by atoms with Crippen LogP contribution in [-0.2, 0) is 0 Å². The molecule has 0 unspecified atom stereocenters. The van der Waals surface area contributed by atoms with Crippen molar-refractivity contribution < 1.29 is 14.3 Å². The third-order valence-electron chi connectivity index (χ3n) is 12.5. The summed E-state index contributed by atoms with van der Waals surface area (Å²) in [5.74, 6) is 2.73. The Morgan fingerprint density at radius 2 is 0.774 bits per heavy atom. The Hall–Kier alpha value is -2.20. The second-order valence-corrected chi connectivity index (χ2v) is 19.7. The fraction of sp³-hybridized carbons (Fsp3) is 0.741. The van der Waals surface area contributed by atoms with E-state index in [4.69, 9.17) is 9.47 Å². The van der Waals surface area contributed by atoms with Gasteiger partial charge >= 0.3 is 0 Å². The number of allylic oxidation sites excluding steroid dienone is 1. The summed E-state index contributed by atoms with van der Waals surface area (Å²) in [6, 6.07) is 14.1. The van der Waals surface area contributed by atoms with Crippen LogP contribution in [0.1, 0.15) is 274 Å². The summed E-state index contributed by atoms with van der Waals surface area (Å²) in [6.45, 7) is 8.20. The van der Waals surface area contributed by atoms with E-state index in [1.807, 2.05) is 48.2 Å². The molecule has 354 valence electrons. The van der Waals surface area contributed by atoms with Crippen LogP contribution in [0, 0.1) is 0 Å². The zero-order chi connectivity index (χ0) is 44.2. The predicted molar refractivity (Wildman–Crippen MR) is 276 cm³/mol. The summed E-state index contributed by atoms with van der Waals surface area (Å²) in [4.78, 5) is 14.2. The molecule has 0 radical (unpaired) electrons. The van der Waals surface area contributed by atoms with Gasteiger partial charge in [0.2, 0.25) is 0 Å². The Morgan fingerprint density at radius 1 is 0.419 bits per heavy atom. The maximum absolute atomic E-state index is 13.0. The first-order chi connectivity index (χ1) is 30.7. The van der Waals surface area contributed by atoms with Crippen LogP contribution in [0.2, 0.25) is 0 Å². The number of unbranched alkanes of at least 4 members (excludes halogenated alkanes) is 34. The average molecular weight is 875 g/mol. The number of hydrogen-bond donors (Lipinski definition) is 0. The number of rotatable bonds is 46. The van der Waals surface area contributed by atoms with Crippen molar-refractivity contribution >= 4 is 23.6 Å². The van der Waals surface area contributed by atoms with Crippen molar-refractivity contribution in [2.75, 3.05) is 19.0 Å². The second kappa shape index (κ2) is 42.7. The molecule has 62 heavy (non-hydrogen) atoms. The van der Waals surface area contributed by atoms with Gasteiger partial charge < -0.3 is 9.47 Å². The quantitative estimate of drug-likeness (QED) is 0.0287. The fourth-order valence-corrected chi connectivity index (χ4v) is 9.20. The van der Waals surface area contributed by atoms with E-state index in [0.29, 0.717) is 13.2 Å². The predicted octanol–water partition coefficient (Wildman–Crippen LogP) is 19.9. The van der Waals surface area contributed by atoms with Crippen LogP contribution in [0.3, 0.4) is 0 Å². The number of hydrogen-bond acceptors (Lipinski definition) is 4. The van der Waals surface area contributed by atoms with Gasteiger partial charge in [0.25, 0.3) is 0 Å². The molecule has 4 heteroatoms. The number of ketones is 1. The summed E-state index contributed by atoms with van der Waals surface area (Å²) < 4.78 is 12.7. The monoisotopic (exact) mass is 875 g/mol. The molecular weight excluding hydrogens is 777 g/mol. The topological polar surface area (TPSA) is 35.5 Å². The maximum atomic E-state index is 13.0. The van der Waals surface area contributed by atoms with Crippen molar-refractivity contribution in [1.29, 1.82) is 0 Å². The van der Waals surface area contributed by atoms with Crippen molar-refractivity contribution in [1.82, 2.24) is 0 Å². The highest BCUT2D eigenvalue weighted by molar-refractivity contribution is 7.99. The van der Waals surface area contributed by atoms with E-state index in [0.717, 1.165) is 47.6 Å². The summed E-state index contributed by atoms with van der Waals surface area (Å²) in [6.07, 6.45) is 54.3. The minimum Gasteiger partial charge on any atom is -0.490 e. The van der Waals surface area contributed by atoms with E-state index in [2.05, 4.69) is 32.9 Å². The van der Waals surface area contributed by atoms with Crippen molar-refractivity contribution in [3.63, 3.8) is 0 Å². The van der Waals surface area contributed by atoms with Gasteiger partial charge in [-0.25, -0.2) is 0 Å². The van der Waals surface area contributed by atoms with Gasteiger partial charge in [0.15, 0.2) is 17.3 Å². The Labute approximate surface area is 389 Å². The van der Waals surface area contributed by atoms with Crippen LogP contribution in [0.4, 0.5) is 0 Å². The third kappa shape index (κ3) is 32.5. The number of ether oxygens (including phenoxy) is 2. The van der Waals surface area contributed by atoms with Gasteiger partial charge in [-0.1, -0.05) is 251 Å². The molecule has 0 aliphatic rings. The smallest absolute Gasteiger partial charge is 0.185 e. The summed E-state index contributed by atoms with van der Waals surface area (Å²) >= 11 is 1.84. The molecule has 0 N–H and O–H groups in total. The number of thioether (sulfide) groups is 1. The molecule has 0 atom stereocenters. The number of carbonyl (C=O) groups excluding carboxylic acids is 1. The zero-order valence-corrected chi connectivity index (χ0v) is 41.9. The van der Waals surface area contributed by atoms with E-state index in [9.17, 15) is 4.79 Å². The lowest BCUT2D eigenvalue weighted by molar-refractivity contribution is 0.104. The molecule has 0 bridgehead atoms. The summed E-state index contributed by atoms with van der Waals surface area (Å²) in [5.41, 5.74) is 1.68. The van der Waals surface area contributed by atoms with Crippen LogP contribution in [0.15, 0.2) is 53.4 Å². The second-order valence-electron chi connectivity index (χ2n) is 18.5. The first-order valence-corrected chi connectivity index (χ1v) is 28.0. The standard InChI is InChI=1S/C58H98O3S/c1-4-7-9-11-13-15-17-19-21-23-25-27-29-31-33-35-37-39-49-60-57-48-42-53(41-47-56(59)54-43-45-55(46-44-54)62-51-6-3)52-58(57)61-50-40-38-36-34-32-30-28-26-24-22-20-18-16-14-12-10-8-5-2/h41-48,52H,4-40,49-51H2,1-3H3/b47-41+. The van der Waals surface area contributed by atoms with Gasteiger partial charge in [-0.2, -0.15) is 0 Å². The van der Waals surface area contributed by atoms with E-state index in [1.165, 1.54) is 223 Å². The van der Waals surface area contributed by atoms with Crippen molar-refractivity contribution in [3.8, 4) is 11.5 Å². The zero-order valence-electron chi connectivity index (χ0n) is 41.1. The molecule has 0 saturated carbocycles. The summed E-state index contributed by atoms with van der Waals surface area (Å²) in [7, 11) is 0. The van der Waals surface area contributed by atoms with Crippen LogP contribution >= 0.6 is 11.8 Å². The third-order valence-corrected chi connectivity index (χ3v) is 13.7. The van der Waals surface area contributed by atoms with Gasteiger partial charge in [0.05, 0.1) is 13.2 Å². The average Bonchev–Trinajstić information content (AvgIpc) is 3.29. The SMILES string of the molecule is CCCCCCCCCCCCCCCCCCCCOc1ccc(/C=C/C(=O)c2ccc(SCCC)cc2)cc1OCCCCCCCCCCCCCCCCCCCC. The highest BCUT2D eigenvalue weighted by Gasteiger charge is 2.09. The number of benzene rings is 2. The van der Waals surface area contributed by atoms with E-state index >= 15 is 0 Å². The lowest BCUT2D eigenvalue weighted by atomic mass is 10.0. The van der Waals surface area contributed by atoms with Crippen molar-refractivity contribution in [2.24, 2.45) is 0 Å². The summed E-state index contributed by atoms with van der Waals surface area (Å²) in [5, 5.41) is 0. The Bertz CT molecular complexity index is 1300. The molecule has 0 saturated heterocycles. The van der Waals surface area contributed by atoms with Crippen LogP contribution in [0.25, 0.3) is 6.08 Å². The molecule has 3 nitrogen and oxygen atoms in total. The van der Waals surface area contributed by atoms with Crippen molar-refractivity contribution in [3.05, 3.63) is 59.7 Å². The van der Waals surface area contributed by atoms with Crippen LogP contribution in [-0.4, -0.2) is 24.7 Å². The molecule has 2 aromatic carbocycles. The molecule has 2 aromatic rings. The Morgan fingerprint density at radius 3 is 1.15 bits per heavy atom. The molecule has 0 aromatic heterocycles. The Kier molecular flexibility index (Phi) is 38.6. The molecular formula is C58H98O3S. The van der Waals surface area contributed by atoms with Gasteiger partial charge in [0.1, 0.15) is 0 Å². The van der Waals surface area contributed by atoms with Gasteiger partial charge in [-0.3, -0.25) is 4.79 Å². The fourth-order valence-electron chi connectivity index (χ4n) is 8.44. The molecule has 0 spiro atoms. The Balaban J connectivity index is 1.65. The minimum absolute atomic E-state index is 0.0210. The molecule has 0 aliphatic heterocycles. The molecule has 0 aliphatic carbocycles. The largest absolute Gasteiger partial charge is 0.490 e. The van der Waals surface area contributed by atoms with Crippen LogP contribution in [0.5, 0.6) is 11.5 Å². The highest BCUT2D eigenvalue weighted by atomic mass is 32.2. The van der Waals surface area contributed by atoms with E-state index in [1.54, 1.807) is 6.08 Å². The van der Waals surface area contributed by atoms with Gasteiger partial charge in [-0.05, 0) is 73.1 Å². The lowest BCUT2D eigenvalue weighted by Crippen LogP contribution is -2.03. The van der Waals surface area contributed by atoms with E-state index in [-0.39, 0.29) is 5.78 Å². The van der Waals surface area contributed by atoms with Gasteiger partial charge in [0, 0.05) is 10.5 Å². The lowest BCUT2D eigenvalue weighted by Gasteiger charge is -2.14. The molecule has 0 fully saturated rings. The normalized spacial score (nSPS) is 11.5. The van der Waals surface area contributed by atoms with E-state index < -0.39 is 0 Å². The van der Waals surface area contributed by atoms with Gasteiger partial charge in [-0.15, -0.1) is 11.8 Å². The molecule has 0 amide bonds.